The van der Waals surface area contributed by atoms with E-state index in [9.17, 15) is 14.4 Å². The van der Waals surface area contributed by atoms with Crippen LogP contribution in [0.1, 0.15) is 25.3 Å². The molecule has 1 heterocycles. The van der Waals surface area contributed by atoms with Gasteiger partial charge in [0.2, 0.25) is 0 Å². The van der Waals surface area contributed by atoms with Gasteiger partial charge in [0, 0.05) is 17.5 Å². The Bertz CT molecular complexity index is 810. The van der Waals surface area contributed by atoms with Crippen molar-refractivity contribution in [2.75, 3.05) is 6.61 Å². The van der Waals surface area contributed by atoms with Gasteiger partial charge < -0.3 is 19.6 Å². The molecule has 0 saturated heterocycles. The highest BCUT2D eigenvalue weighted by molar-refractivity contribution is 5.84. The third-order valence-corrected chi connectivity index (χ3v) is 3.50. The number of carboxylic acids is 1. The number of aryl methyl sites for hydroxylation is 1. The van der Waals surface area contributed by atoms with Crippen molar-refractivity contribution in [1.82, 2.24) is 5.32 Å². The molecule has 0 unspecified atom stereocenters. The van der Waals surface area contributed by atoms with Gasteiger partial charge in [0.1, 0.15) is 17.4 Å². The summed E-state index contributed by atoms with van der Waals surface area (Å²) in [6.07, 6.45) is 0.989. The molecule has 1 aromatic carbocycles. The predicted molar refractivity (Wildman–Crippen MR) is 87.2 cm³/mol. The largest absolute Gasteiger partial charge is 0.484 e. The summed E-state index contributed by atoms with van der Waals surface area (Å²) in [5.74, 6) is -1.25. The van der Waals surface area contributed by atoms with E-state index >= 15 is 0 Å². The van der Waals surface area contributed by atoms with Crippen LogP contribution in [-0.4, -0.2) is 29.6 Å². The summed E-state index contributed by atoms with van der Waals surface area (Å²) in [5, 5.41) is 12.2. The Balaban J connectivity index is 2.03. The Morgan fingerprint density at radius 3 is 2.75 bits per heavy atom. The first-order valence-corrected chi connectivity index (χ1v) is 7.60. The number of hydrogen-bond acceptors (Lipinski definition) is 5. The first-order valence-electron chi connectivity index (χ1n) is 7.60. The second-order valence-corrected chi connectivity index (χ2v) is 5.44. The Morgan fingerprint density at radius 2 is 2.08 bits per heavy atom. The summed E-state index contributed by atoms with van der Waals surface area (Å²) < 4.78 is 10.5. The van der Waals surface area contributed by atoms with Gasteiger partial charge >= 0.3 is 11.6 Å². The summed E-state index contributed by atoms with van der Waals surface area (Å²) >= 11 is 0. The normalized spacial score (nSPS) is 11.9. The Hall–Kier alpha value is -2.83. The van der Waals surface area contributed by atoms with E-state index in [1.54, 1.807) is 19.1 Å². The van der Waals surface area contributed by atoms with Crippen LogP contribution in [0.3, 0.4) is 0 Å². The molecule has 24 heavy (non-hydrogen) atoms. The van der Waals surface area contributed by atoms with Crippen LogP contribution in [0.4, 0.5) is 0 Å². The monoisotopic (exact) mass is 333 g/mol. The number of ether oxygens (including phenoxy) is 1. The quantitative estimate of drug-likeness (QED) is 0.749. The maximum atomic E-state index is 11.8. The average molecular weight is 333 g/mol. The highest BCUT2D eigenvalue weighted by Gasteiger charge is 2.18. The number of hydrogen-bond donors (Lipinski definition) is 2. The van der Waals surface area contributed by atoms with Crippen molar-refractivity contribution in [2.24, 2.45) is 0 Å². The summed E-state index contributed by atoms with van der Waals surface area (Å²) in [6.45, 7) is 3.31. The summed E-state index contributed by atoms with van der Waals surface area (Å²) in [6, 6.07) is 5.39. The maximum Gasteiger partial charge on any atom is 0.336 e. The number of fused-ring (bicyclic) bond motifs is 1. The molecule has 0 bridgehead atoms. The number of rotatable bonds is 7. The van der Waals surface area contributed by atoms with Gasteiger partial charge in [-0.25, -0.2) is 9.59 Å². The van der Waals surface area contributed by atoms with Crippen molar-refractivity contribution in [3.05, 3.63) is 40.2 Å². The standard InChI is InChI=1S/C17H19NO6/c1-3-4-13(17(21)22)18-15(19)9-23-11-5-6-12-10(2)7-16(20)24-14(12)8-11/h5-8,13H,3-4,9H2,1-2H3,(H,18,19)(H,21,22)/t13-/m0/s1. The van der Waals surface area contributed by atoms with Crippen LogP contribution in [0.25, 0.3) is 11.0 Å². The minimum atomic E-state index is -1.08. The molecule has 0 saturated carbocycles. The van der Waals surface area contributed by atoms with Gasteiger partial charge in [-0.15, -0.1) is 0 Å². The lowest BCUT2D eigenvalue weighted by molar-refractivity contribution is -0.142. The van der Waals surface area contributed by atoms with E-state index in [4.69, 9.17) is 14.3 Å². The Kier molecular flexibility index (Phi) is 5.57. The zero-order chi connectivity index (χ0) is 17.7. The number of nitrogens with one attached hydrogen (secondary N) is 1. The molecule has 7 nitrogen and oxygen atoms in total. The molecule has 1 atom stereocenters. The number of benzene rings is 1. The number of aliphatic carboxylic acids is 1. The lowest BCUT2D eigenvalue weighted by Gasteiger charge is -2.14. The molecule has 0 fully saturated rings. The van der Waals surface area contributed by atoms with Crippen LogP contribution in [0, 0.1) is 6.92 Å². The first kappa shape index (κ1) is 17.5. The highest BCUT2D eigenvalue weighted by atomic mass is 16.5. The van der Waals surface area contributed by atoms with Crippen LogP contribution in [0.2, 0.25) is 0 Å². The number of amides is 1. The highest BCUT2D eigenvalue weighted by Crippen LogP contribution is 2.22. The van der Waals surface area contributed by atoms with Gasteiger partial charge in [-0.05, 0) is 31.0 Å². The van der Waals surface area contributed by atoms with E-state index in [1.807, 2.05) is 6.92 Å². The molecule has 7 heteroatoms. The van der Waals surface area contributed by atoms with Gasteiger partial charge in [0.15, 0.2) is 6.61 Å². The fraction of sp³-hybridized carbons (Fsp3) is 0.353. The number of carbonyl (C=O) groups excluding carboxylic acids is 1. The van der Waals surface area contributed by atoms with Crippen LogP contribution in [0.15, 0.2) is 33.5 Å². The van der Waals surface area contributed by atoms with E-state index in [0.717, 1.165) is 10.9 Å². The van der Waals surface area contributed by atoms with E-state index in [0.29, 0.717) is 24.2 Å². The summed E-state index contributed by atoms with van der Waals surface area (Å²) in [5.41, 5.74) is 0.695. The minimum absolute atomic E-state index is 0.324. The van der Waals surface area contributed by atoms with E-state index in [1.165, 1.54) is 12.1 Å². The second kappa shape index (κ2) is 7.63. The molecule has 2 N–H and O–H groups in total. The van der Waals surface area contributed by atoms with Crippen molar-refractivity contribution >= 4 is 22.8 Å². The van der Waals surface area contributed by atoms with Crippen molar-refractivity contribution in [2.45, 2.75) is 32.7 Å². The van der Waals surface area contributed by atoms with Crippen LogP contribution >= 0.6 is 0 Å². The molecular formula is C17H19NO6. The third kappa shape index (κ3) is 4.34. The van der Waals surface area contributed by atoms with Gasteiger partial charge in [-0.1, -0.05) is 13.3 Å². The fourth-order valence-corrected chi connectivity index (χ4v) is 2.33. The molecule has 2 aromatic rings. The van der Waals surface area contributed by atoms with Gasteiger partial charge in [-0.2, -0.15) is 0 Å². The van der Waals surface area contributed by atoms with Crippen molar-refractivity contribution in [1.29, 1.82) is 0 Å². The topological polar surface area (TPSA) is 106 Å². The van der Waals surface area contributed by atoms with Crippen molar-refractivity contribution in [3.63, 3.8) is 0 Å². The Labute approximate surface area is 138 Å². The average Bonchev–Trinajstić information content (AvgIpc) is 2.51. The molecule has 0 aliphatic heterocycles. The number of carboxylic acid groups (broad SMARTS) is 1. The van der Waals surface area contributed by atoms with Crippen LogP contribution in [0.5, 0.6) is 5.75 Å². The van der Waals surface area contributed by atoms with E-state index < -0.39 is 23.5 Å². The summed E-state index contributed by atoms with van der Waals surface area (Å²) in [4.78, 5) is 34.2. The number of carbonyl (C=O) groups is 2. The molecule has 1 aromatic heterocycles. The van der Waals surface area contributed by atoms with Crippen molar-refractivity contribution < 1.29 is 23.8 Å². The molecule has 0 spiro atoms. The van der Waals surface area contributed by atoms with E-state index in [2.05, 4.69) is 5.32 Å². The van der Waals surface area contributed by atoms with Gasteiger partial charge in [0.25, 0.3) is 5.91 Å². The minimum Gasteiger partial charge on any atom is -0.484 e. The molecule has 1 amide bonds. The van der Waals surface area contributed by atoms with Crippen LogP contribution < -0.4 is 15.7 Å². The first-order chi connectivity index (χ1) is 11.4. The van der Waals surface area contributed by atoms with Gasteiger partial charge in [-0.3, -0.25) is 4.79 Å². The SMILES string of the molecule is CCC[C@H](NC(=O)COc1ccc2c(C)cc(=O)oc2c1)C(=O)O. The zero-order valence-corrected chi connectivity index (χ0v) is 13.5. The van der Waals surface area contributed by atoms with E-state index in [-0.39, 0.29) is 6.61 Å². The molecule has 0 radical (unpaired) electrons. The predicted octanol–water partition coefficient (Wildman–Crippen LogP) is 1.85. The molecular weight excluding hydrogens is 314 g/mol. The second-order valence-electron chi connectivity index (χ2n) is 5.44. The van der Waals surface area contributed by atoms with Crippen LogP contribution in [-0.2, 0) is 9.59 Å². The lowest BCUT2D eigenvalue weighted by Crippen LogP contribution is -2.42. The molecule has 2 rings (SSSR count). The smallest absolute Gasteiger partial charge is 0.336 e. The lowest BCUT2D eigenvalue weighted by atomic mass is 10.1. The third-order valence-electron chi connectivity index (χ3n) is 3.50. The maximum absolute atomic E-state index is 11.8. The van der Waals surface area contributed by atoms with Crippen molar-refractivity contribution in [3.8, 4) is 5.75 Å². The zero-order valence-electron chi connectivity index (χ0n) is 13.5. The molecule has 128 valence electrons. The fourth-order valence-electron chi connectivity index (χ4n) is 2.33. The molecule has 0 aliphatic carbocycles. The molecule has 0 aliphatic rings. The van der Waals surface area contributed by atoms with Gasteiger partial charge in [0.05, 0.1) is 0 Å². The Morgan fingerprint density at radius 1 is 1.33 bits per heavy atom. The summed E-state index contributed by atoms with van der Waals surface area (Å²) in [7, 11) is 0.